The van der Waals surface area contributed by atoms with Crippen molar-refractivity contribution in [3.8, 4) is 11.1 Å². The van der Waals surface area contributed by atoms with Crippen LogP contribution in [0.5, 0.6) is 0 Å². The van der Waals surface area contributed by atoms with Crippen LogP contribution >= 0.6 is 23.2 Å². The van der Waals surface area contributed by atoms with Gasteiger partial charge in [0, 0.05) is 45.8 Å². The van der Waals surface area contributed by atoms with E-state index in [1.165, 1.54) is 11.6 Å². The number of nitrogens with zero attached hydrogens (tertiary/aromatic N) is 3. The van der Waals surface area contributed by atoms with Gasteiger partial charge in [0.2, 0.25) is 0 Å². The molecule has 1 unspecified atom stereocenters. The van der Waals surface area contributed by atoms with E-state index in [0.717, 1.165) is 17.7 Å². The van der Waals surface area contributed by atoms with E-state index >= 15 is 0 Å². The van der Waals surface area contributed by atoms with Crippen molar-refractivity contribution in [2.24, 2.45) is 14.1 Å². The van der Waals surface area contributed by atoms with Crippen LogP contribution in [0.1, 0.15) is 21.6 Å². The first-order chi connectivity index (χ1) is 19.6. The number of carbonyl (C=O) groups is 2. The van der Waals surface area contributed by atoms with Gasteiger partial charge < -0.3 is 19.4 Å². The molecule has 10 nitrogen and oxygen atoms in total. The molecule has 1 saturated heterocycles. The number of ether oxygens (including phenoxy) is 2. The maximum absolute atomic E-state index is 13.2. The van der Waals surface area contributed by atoms with Crippen LogP contribution in [0, 0.1) is 6.92 Å². The lowest BCUT2D eigenvalue weighted by Crippen LogP contribution is -2.44. The SMILES string of the molecule is Cc1c(-c2ccc(CC(NC(=O)c3c(Cl)cccc3Cl)C(=O)OCCN3CCOCC3)cc2)c(=O)n(C)c(=O)n1C. The van der Waals surface area contributed by atoms with Crippen LogP contribution in [0.2, 0.25) is 10.0 Å². The van der Waals surface area contributed by atoms with Crippen LogP contribution in [0.4, 0.5) is 0 Å². The second kappa shape index (κ2) is 13.5. The molecule has 1 amide bonds. The van der Waals surface area contributed by atoms with Crippen molar-refractivity contribution < 1.29 is 19.1 Å². The Kier molecular flexibility index (Phi) is 10.0. The van der Waals surface area contributed by atoms with Gasteiger partial charge in [-0.25, -0.2) is 9.59 Å². The van der Waals surface area contributed by atoms with Gasteiger partial charge in [0.1, 0.15) is 12.6 Å². The minimum absolute atomic E-state index is 0.0679. The number of morpholine rings is 1. The molecule has 1 aromatic heterocycles. The number of halogens is 2. The Balaban J connectivity index is 1.55. The largest absolute Gasteiger partial charge is 0.463 e. The first-order valence-corrected chi connectivity index (χ1v) is 13.9. The summed E-state index contributed by atoms with van der Waals surface area (Å²) in [5.41, 5.74) is 1.55. The first-order valence-electron chi connectivity index (χ1n) is 13.2. The van der Waals surface area contributed by atoms with Crippen molar-refractivity contribution >= 4 is 35.1 Å². The van der Waals surface area contributed by atoms with E-state index in [-0.39, 0.29) is 28.6 Å². The fraction of sp³-hybridized carbons (Fsp3) is 0.379. The highest BCUT2D eigenvalue weighted by Gasteiger charge is 2.26. The second-order valence-electron chi connectivity index (χ2n) is 9.81. The Morgan fingerprint density at radius 3 is 2.27 bits per heavy atom. The predicted octanol–water partition coefficient (Wildman–Crippen LogP) is 2.58. The summed E-state index contributed by atoms with van der Waals surface area (Å²) in [5.74, 6) is -1.20. The Morgan fingerprint density at radius 1 is 1.00 bits per heavy atom. The normalized spacial score (nSPS) is 14.5. The van der Waals surface area contributed by atoms with E-state index in [9.17, 15) is 19.2 Å². The van der Waals surface area contributed by atoms with E-state index in [1.54, 1.807) is 56.4 Å². The molecule has 41 heavy (non-hydrogen) atoms. The van der Waals surface area contributed by atoms with Gasteiger partial charge in [0.15, 0.2) is 0 Å². The van der Waals surface area contributed by atoms with Crippen molar-refractivity contribution in [1.82, 2.24) is 19.4 Å². The van der Waals surface area contributed by atoms with E-state index in [0.29, 0.717) is 42.1 Å². The molecule has 12 heteroatoms. The number of benzene rings is 2. The number of nitrogens with one attached hydrogen (secondary N) is 1. The molecule has 1 aliphatic heterocycles. The highest BCUT2D eigenvalue weighted by Crippen LogP contribution is 2.25. The average molecular weight is 604 g/mol. The molecule has 1 aliphatic rings. The van der Waals surface area contributed by atoms with Crippen LogP contribution in [0.3, 0.4) is 0 Å². The third-order valence-electron chi connectivity index (χ3n) is 7.17. The fourth-order valence-corrected chi connectivity index (χ4v) is 5.23. The molecule has 3 aromatic rings. The maximum atomic E-state index is 13.2. The summed E-state index contributed by atoms with van der Waals surface area (Å²) in [5, 5.41) is 3.05. The third kappa shape index (κ3) is 7.08. The van der Waals surface area contributed by atoms with Crippen molar-refractivity contribution in [3.05, 3.63) is 90.2 Å². The van der Waals surface area contributed by atoms with Crippen LogP contribution in [0.25, 0.3) is 11.1 Å². The number of hydrogen-bond acceptors (Lipinski definition) is 7. The van der Waals surface area contributed by atoms with Crippen LogP contribution in [-0.2, 0) is 34.8 Å². The fourth-order valence-electron chi connectivity index (χ4n) is 4.66. The molecule has 0 bridgehead atoms. The van der Waals surface area contributed by atoms with E-state index in [1.807, 2.05) is 0 Å². The molecule has 0 radical (unpaired) electrons. The van der Waals surface area contributed by atoms with Gasteiger partial charge in [0.05, 0.1) is 34.4 Å². The van der Waals surface area contributed by atoms with Gasteiger partial charge in [-0.1, -0.05) is 53.5 Å². The summed E-state index contributed by atoms with van der Waals surface area (Å²) in [6.07, 6.45) is 0.120. The summed E-state index contributed by atoms with van der Waals surface area (Å²) in [6, 6.07) is 10.7. The lowest BCUT2D eigenvalue weighted by Gasteiger charge is -2.26. The summed E-state index contributed by atoms with van der Waals surface area (Å²) in [6.45, 7) is 5.20. The molecule has 2 aromatic carbocycles. The molecule has 0 spiro atoms. The minimum Gasteiger partial charge on any atom is -0.463 e. The number of carbonyl (C=O) groups excluding carboxylic acids is 2. The van der Waals surface area contributed by atoms with Crippen molar-refractivity contribution in [2.45, 2.75) is 19.4 Å². The molecular formula is C29H32Cl2N4O6. The van der Waals surface area contributed by atoms with Gasteiger partial charge in [-0.05, 0) is 30.2 Å². The number of esters is 1. The standard InChI is InChI=1S/C29H32Cl2N4O6/c1-18-24(27(37)34(3)29(39)33(18)2)20-9-7-19(8-10-20)17-23(28(38)41-16-13-35-11-14-40-15-12-35)32-26(36)25-21(30)5-4-6-22(25)31/h4-10,23H,11-17H2,1-3H3,(H,32,36). The summed E-state index contributed by atoms with van der Waals surface area (Å²) in [7, 11) is 3.04. The quantitative estimate of drug-likeness (QED) is 0.375. The molecule has 0 aliphatic carbocycles. The lowest BCUT2D eigenvalue weighted by atomic mass is 10.00. The monoisotopic (exact) mass is 602 g/mol. The van der Waals surface area contributed by atoms with Gasteiger partial charge in [-0.2, -0.15) is 0 Å². The molecule has 218 valence electrons. The Labute approximate surface area is 247 Å². The molecule has 1 atom stereocenters. The summed E-state index contributed by atoms with van der Waals surface area (Å²) < 4.78 is 13.4. The molecular weight excluding hydrogens is 571 g/mol. The van der Waals surface area contributed by atoms with E-state index < -0.39 is 29.2 Å². The number of aromatic nitrogens is 2. The van der Waals surface area contributed by atoms with Gasteiger partial charge >= 0.3 is 11.7 Å². The molecule has 1 N–H and O–H groups in total. The highest BCUT2D eigenvalue weighted by atomic mass is 35.5. The van der Waals surface area contributed by atoms with Crippen molar-refractivity contribution in [3.63, 3.8) is 0 Å². The highest BCUT2D eigenvalue weighted by molar-refractivity contribution is 6.39. The Morgan fingerprint density at radius 2 is 1.63 bits per heavy atom. The minimum atomic E-state index is -1.03. The molecule has 2 heterocycles. The van der Waals surface area contributed by atoms with Gasteiger partial charge in [-0.3, -0.25) is 19.1 Å². The Hall–Kier alpha value is -3.44. The number of hydrogen-bond donors (Lipinski definition) is 1. The zero-order chi connectivity index (χ0) is 29.7. The number of rotatable bonds is 9. The topological polar surface area (TPSA) is 112 Å². The second-order valence-corrected chi connectivity index (χ2v) is 10.6. The van der Waals surface area contributed by atoms with Crippen LogP contribution < -0.4 is 16.6 Å². The van der Waals surface area contributed by atoms with E-state index in [2.05, 4.69) is 10.2 Å². The third-order valence-corrected chi connectivity index (χ3v) is 7.80. The molecule has 0 saturated carbocycles. The zero-order valence-electron chi connectivity index (χ0n) is 23.1. The van der Waals surface area contributed by atoms with E-state index in [4.69, 9.17) is 32.7 Å². The molecule has 4 rings (SSSR count). The van der Waals surface area contributed by atoms with Crippen LogP contribution in [-0.4, -0.2) is 71.4 Å². The lowest BCUT2D eigenvalue weighted by molar-refractivity contribution is -0.146. The summed E-state index contributed by atoms with van der Waals surface area (Å²) >= 11 is 12.4. The maximum Gasteiger partial charge on any atom is 0.330 e. The summed E-state index contributed by atoms with van der Waals surface area (Å²) in [4.78, 5) is 53.6. The number of amides is 1. The molecule has 1 fully saturated rings. The van der Waals surface area contributed by atoms with Crippen molar-refractivity contribution in [1.29, 1.82) is 0 Å². The average Bonchev–Trinajstić information content (AvgIpc) is 2.96. The van der Waals surface area contributed by atoms with Crippen LogP contribution in [0.15, 0.2) is 52.1 Å². The van der Waals surface area contributed by atoms with Gasteiger partial charge in [-0.15, -0.1) is 0 Å². The smallest absolute Gasteiger partial charge is 0.330 e. The Bertz CT molecular complexity index is 1520. The zero-order valence-corrected chi connectivity index (χ0v) is 24.6. The van der Waals surface area contributed by atoms with Crippen molar-refractivity contribution in [2.75, 3.05) is 39.5 Å². The predicted molar refractivity (Wildman–Crippen MR) is 157 cm³/mol. The van der Waals surface area contributed by atoms with Gasteiger partial charge in [0.25, 0.3) is 11.5 Å². The first kappa shape index (κ1) is 30.5.